The number of nitrogens with one attached hydrogen (secondary N) is 3. The van der Waals surface area contributed by atoms with Gasteiger partial charge in [-0.1, -0.05) is 0 Å². The van der Waals surface area contributed by atoms with Gasteiger partial charge in [-0.3, -0.25) is 4.99 Å². The average Bonchev–Trinajstić information content (AvgIpc) is 2.95. The molecule has 2 aliphatic rings. The van der Waals surface area contributed by atoms with Crippen LogP contribution in [0.3, 0.4) is 0 Å². The van der Waals surface area contributed by atoms with E-state index >= 15 is 0 Å². The highest BCUT2D eigenvalue weighted by Gasteiger charge is 2.41. The second kappa shape index (κ2) is 6.76. The number of nitrogens with zero attached hydrogens (tertiary/aromatic N) is 1. The molecular weight excluding hydrogens is 252 g/mol. The van der Waals surface area contributed by atoms with Crippen LogP contribution in [0.15, 0.2) is 4.99 Å². The van der Waals surface area contributed by atoms with Gasteiger partial charge in [-0.05, 0) is 47.0 Å². The maximum Gasteiger partial charge on any atom is 0.191 e. The molecule has 2 saturated heterocycles. The van der Waals surface area contributed by atoms with E-state index in [1.807, 2.05) is 0 Å². The van der Waals surface area contributed by atoms with E-state index in [9.17, 15) is 0 Å². The van der Waals surface area contributed by atoms with Crippen molar-refractivity contribution in [1.82, 2.24) is 16.0 Å². The normalized spacial score (nSPS) is 29.8. The van der Waals surface area contributed by atoms with Gasteiger partial charge < -0.3 is 20.7 Å². The lowest BCUT2D eigenvalue weighted by Crippen LogP contribution is -2.47. The number of fused-ring (bicyclic) bond motifs is 2. The van der Waals surface area contributed by atoms with Crippen molar-refractivity contribution >= 4 is 5.96 Å². The number of rotatable bonds is 5. The van der Waals surface area contributed by atoms with Crippen LogP contribution < -0.4 is 16.0 Å². The van der Waals surface area contributed by atoms with E-state index in [0.717, 1.165) is 32.0 Å². The van der Waals surface area contributed by atoms with E-state index in [4.69, 9.17) is 4.74 Å². The molecule has 0 aliphatic carbocycles. The highest BCUT2D eigenvalue weighted by atomic mass is 16.5. The lowest BCUT2D eigenvalue weighted by molar-refractivity contribution is 0.0992. The smallest absolute Gasteiger partial charge is 0.191 e. The van der Waals surface area contributed by atoms with E-state index < -0.39 is 0 Å². The van der Waals surface area contributed by atoms with Crippen LogP contribution in [0.5, 0.6) is 0 Å². The fraction of sp³-hybridized carbons (Fsp3) is 0.933. The quantitative estimate of drug-likeness (QED) is 0.403. The molecule has 3 N–H and O–H groups in total. The fourth-order valence-electron chi connectivity index (χ4n) is 2.88. The summed E-state index contributed by atoms with van der Waals surface area (Å²) in [5, 5.41) is 10.3. The van der Waals surface area contributed by atoms with Gasteiger partial charge in [-0.15, -0.1) is 0 Å². The summed E-state index contributed by atoms with van der Waals surface area (Å²) in [6, 6.07) is 0.433. The molecule has 2 fully saturated rings. The standard InChI is InChI=1S/C15H30N4O/c1-5-16-14(17-8-9-18-15(2,3)4)19-12-10-11-6-7-13(12)20-11/h11-13,18H,5-10H2,1-4H3,(H2,16,17,19). The topological polar surface area (TPSA) is 57.7 Å². The molecule has 2 heterocycles. The van der Waals surface area contributed by atoms with Crippen molar-refractivity contribution in [1.29, 1.82) is 0 Å². The summed E-state index contributed by atoms with van der Waals surface area (Å²) in [5.74, 6) is 0.921. The van der Waals surface area contributed by atoms with E-state index in [1.54, 1.807) is 0 Å². The molecule has 116 valence electrons. The molecule has 0 aromatic rings. The summed E-state index contributed by atoms with van der Waals surface area (Å²) in [4.78, 5) is 4.64. The molecule has 0 radical (unpaired) electrons. The van der Waals surface area contributed by atoms with Crippen LogP contribution in [0.2, 0.25) is 0 Å². The molecule has 2 aliphatic heterocycles. The third kappa shape index (κ3) is 4.63. The largest absolute Gasteiger partial charge is 0.373 e. The van der Waals surface area contributed by atoms with Crippen LogP contribution in [0.25, 0.3) is 0 Å². The Morgan fingerprint density at radius 1 is 1.30 bits per heavy atom. The minimum Gasteiger partial charge on any atom is -0.373 e. The average molecular weight is 282 g/mol. The number of hydrogen-bond acceptors (Lipinski definition) is 3. The molecule has 0 spiro atoms. The van der Waals surface area contributed by atoms with Gasteiger partial charge in [0.05, 0.1) is 24.8 Å². The Balaban J connectivity index is 1.77. The van der Waals surface area contributed by atoms with Gasteiger partial charge in [-0.2, -0.15) is 0 Å². The fourth-order valence-corrected chi connectivity index (χ4v) is 2.88. The van der Waals surface area contributed by atoms with Gasteiger partial charge in [-0.25, -0.2) is 0 Å². The van der Waals surface area contributed by atoms with Crippen molar-refractivity contribution in [2.24, 2.45) is 4.99 Å². The molecular formula is C15H30N4O. The Labute approximate surface area is 122 Å². The third-order valence-corrected chi connectivity index (χ3v) is 3.81. The molecule has 0 amide bonds. The van der Waals surface area contributed by atoms with Crippen molar-refractivity contribution in [2.45, 2.75) is 70.7 Å². The first kappa shape index (κ1) is 15.6. The predicted molar refractivity (Wildman–Crippen MR) is 83.2 cm³/mol. The van der Waals surface area contributed by atoms with Crippen molar-refractivity contribution in [3.8, 4) is 0 Å². The summed E-state index contributed by atoms with van der Waals surface area (Å²) < 4.78 is 5.88. The van der Waals surface area contributed by atoms with Gasteiger partial charge in [0.2, 0.25) is 0 Å². The van der Waals surface area contributed by atoms with Crippen molar-refractivity contribution in [3.63, 3.8) is 0 Å². The SMILES string of the molecule is CCNC(=NCCNC(C)(C)C)NC1CC2CCC1O2. The molecule has 5 heteroatoms. The molecule has 2 bridgehead atoms. The molecule has 0 aromatic heterocycles. The van der Waals surface area contributed by atoms with Crippen molar-refractivity contribution in [3.05, 3.63) is 0 Å². The van der Waals surface area contributed by atoms with Crippen LogP contribution in [0.1, 0.15) is 47.0 Å². The summed E-state index contributed by atoms with van der Waals surface area (Å²) in [6.07, 6.45) is 4.40. The van der Waals surface area contributed by atoms with E-state index in [1.165, 1.54) is 12.8 Å². The number of aliphatic imine (C=N–C) groups is 1. The first-order chi connectivity index (χ1) is 9.48. The number of hydrogen-bond donors (Lipinski definition) is 3. The second-order valence-electron chi connectivity index (χ2n) is 6.80. The first-order valence-corrected chi connectivity index (χ1v) is 7.93. The van der Waals surface area contributed by atoms with Crippen LogP contribution >= 0.6 is 0 Å². The maximum absolute atomic E-state index is 5.88. The van der Waals surface area contributed by atoms with Gasteiger partial charge in [0, 0.05) is 18.6 Å². The van der Waals surface area contributed by atoms with E-state index in [-0.39, 0.29) is 5.54 Å². The number of ether oxygens (including phenoxy) is 1. The Hall–Kier alpha value is -0.810. The van der Waals surface area contributed by atoms with Crippen LogP contribution in [0, 0.1) is 0 Å². The Bertz CT molecular complexity index is 337. The summed E-state index contributed by atoms with van der Waals surface area (Å²) in [5.41, 5.74) is 0.153. The predicted octanol–water partition coefficient (Wildman–Crippen LogP) is 1.25. The lowest BCUT2D eigenvalue weighted by Gasteiger charge is -2.23. The molecule has 5 nitrogen and oxygen atoms in total. The highest BCUT2D eigenvalue weighted by Crippen LogP contribution is 2.34. The molecule has 0 aromatic carbocycles. The van der Waals surface area contributed by atoms with E-state index in [0.29, 0.717) is 18.2 Å². The minimum absolute atomic E-state index is 0.153. The Morgan fingerprint density at radius 3 is 2.65 bits per heavy atom. The van der Waals surface area contributed by atoms with Crippen LogP contribution in [0.4, 0.5) is 0 Å². The molecule has 0 saturated carbocycles. The lowest BCUT2D eigenvalue weighted by atomic mass is 9.96. The zero-order chi connectivity index (χ0) is 14.6. The molecule has 2 rings (SSSR count). The second-order valence-corrected chi connectivity index (χ2v) is 6.80. The van der Waals surface area contributed by atoms with Gasteiger partial charge in [0.1, 0.15) is 0 Å². The van der Waals surface area contributed by atoms with Crippen LogP contribution in [-0.4, -0.2) is 49.4 Å². The summed E-state index contributed by atoms with van der Waals surface area (Å²) in [7, 11) is 0. The van der Waals surface area contributed by atoms with Gasteiger partial charge in [0.15, 0.2) is 5.96 Å². The van der Waals surface area contributed by atoms with Gasteiger partial charge >= 0.3 is 0 Å². The zero-order valence-electron chi connectivity index (χ0n) is 13.3. The number of guanidine groups is 1. The monoisotopic (exact) mass is 282 g/mol. The molecule has 3 atom stereocenters. The van der Waals surface area contributed by atoms with Gasteiger partial charge in [0.25, 0.3) is 0 Å². The minimum atomic E-state index is 0.153. The van der Waals surface area contributed by atoms with Crippen molar-refractivity contribution < 1.29 is 4.74 Å². The Morgan fingerprint density at radius 2 is 2.10 bits per heavy atom. The zero-order valence-corrected chi connectivity index (χ0v) is 13.3. The van der Waals surface area contributed by atoms with Crippen molar-refractivity contribution in [2.75, 3.05) is 19.6 Å². The molecule has 20 heavy (non-hydrogen) atoms. The van der Waals surface area contributed by atoms with Crippen LogP contribution in [-0.2, 0) is 4.74 Å². The van der Waals surface area contributed by atoms with E-state index in [2.05, 4.69) is 48.6 Å². The first-order valence-electron chi connectivity index (χ1n) is 7.93. The molecule has 3 unspecified atom stereocenters. The summed E-state index contributed by atoms with van der Waals surface area (Å²) >= 11 is 0. The maximum atomic E-state index is 5.88. The summed E-state index contributed by atoms with van der Waals surface area (Å²) in [6.45, 7) is 11.2. The highest BCUT2D eigenvalue weighted by molar-refractivity contribution is 5.80. The Kier molecular flexibility index (Phi) is 5.27. The third-order valence-electron chi connectivity index (χ3n) is 3.81.